The van der Waals surface area contributed by atoms with Gasteiger partial charge < -0.3 is 4.74 Å². The summed E-state index contributed by atoms with van der Waals surface area (Å²) in [5.74, 6) is 0.815. The van der Waals surface area contributed by atoms with E-state index in [1.54, 1.807) is 0 Å². The van der Waals surface area contributed by atoms with E-state index in [1.165, 1.54) is 0 Å². The first-order valence-electron chi connectivity index (χ1n) is 6.66. The van der Waals surface area contributed by atoms with E-state index in [9.17, 15) is 0 Å². The maximum Gasteiger partial charge on any atom is 0.124 e. The summed E-state index contributed by atoms with van der Waals surface area (Å²) in [7, 11) is 0. The van der Waals surface area contributed by atoms with Crippen LogP contribution in [0.3, 0.4) is 0 Å². The summed E-state index contributed by atoms with van der Waals surface area (Å²) in [5.41, 5.74) is 4.14. The van der Waals surface area contributed by atoms with Gasteiger partial charge >= 0.3 is 0 Å². The number of rotatable bonds is 4. The van der Waals surface area contributed by atoms with Gasteiger partial charge in [-0.3, -0.25) is 0 Å². The molecule has 0 radical (unpaired) electrons. The number of hydrogen-bond donors (Lipinski definition) is 0. The Hall–Kier alpha value is -1.18. The fourth-order valence-corrected chi connectivity index (χ4v) is 2.92. The Labute approximate surface area is 130 Å². The molecular formula is C17H18Cl2O. The molecular weight excluding hydrogens is 291 g/mol. The molecule has 0 saturated carbocycles. The van der Waals surface area contributed by atoms with Crippen molar-refractivity contribution in [2.45, 2.75) is 26.1 Å². The zero-order valence-electron chi connectivity index (χ0n) is 11.9. The Morgan fingerprint density at radius 1 is 1.00 bits per heavy atom. The molecule has 0 aliphatic rings. The average molecular weight is 309 g/mol. The zero-order valence-corrected chi connectivity index (χ0v) is 13.4. The molecule has 3 heteroatoms. The summed E-state index contributed by atoms with van der Waals surface area (Å²) < 4.78 is 5.67. The first kappa shape index (κ1) is 15.2. The van der Waals surface area contributed by atoms with Gasteiger partial charge in [0.2, 0.25) is 0 Å². The molecule has 1 nitrogen and oxygen atoms in total. The first-order chi connectivity index (χ1) is 9.52. The van der Waals surface area contributed by atoms with Crippen LogP contribution in [0.4, 0.5) is 0 Å². The second kappa shape index (κ2) is 6.51. The SMILES string of the molecule is CCOc1ccc(C)cc1C(Cl)c1ccc(C)cc1Cl. The van der Waals surface area contributed by atoms with E-state index in [2.05, 4.69) is 6.07 Å². The lowest BCUT2D eigenvalue weighted by Crippen LogP contribution is -2.01. The van der Waals surface area contributed by atoms with Crippen LogP contribution in [-0.2, 0) is 0 Å². The number of ether oxygens (including phenoxy) is 1. The molecule has 1 atom stereocenters. The van der Waals surface area contributed by atoms with E-state index in [-0.39, 0.29) is 5.38 Å². The summed E-state index contributed by atoms with van der Waals surface area (Å²) in [6, 6.07) is 12.0. The summed E-state index contributed by atoms with van der Waals surface area (Å²) in [6.45, 7) is 6.63. The van der Waals surface area contributed by atoms with Crippen LogP contribution in [0.25, 0.3) is 0 Å². The highest BCUT2D eigenvalue weighted by atomic mass is 35.5. The summed E-state index contributed by atoms with van der Waals surface area (Å²) >= 11 is 13.0. The Bertz CT molecular complexity index is 608. The third-order valence-electron chi connectivity index (χ3n) is 3.17. The molecule has 0 saturated heterocycles. The van der Waals surface area contributed by atoms with Crippen LogP contribution in [0, 0.1) is 13.8 Å². The van der Waals surface area contributed by atoms with E-state index in [4.69, 9.17) is 27.9 Å². The van der Waals surface area contributed by atoms with Crippen molar-refractivity contribution in [1.29, 1.82) is 0 Å². The van der Waals surface area contributed by atoms with Crippen molar-refractivity contribution < 1.29 is 4.74 Å². The van der Waals surface area contributed by atoms with Gasteiger partial charge in [0, 0.05) is 10.6 Å². The molecule has 0 aromatic heterocycles. The van der Waals surface area contributed by atoms with Gasteiger partial charge in [-0.05, 0) is 44.0 Å². The predicted molar refractivity (Wildman–Crippen MR) is 86.2 cm³/mol. The minimum Gasteiger partial charge on any atom is -0.494 e. The monoisotopic (exact) mass is 308 g/mol. The summed E-state index contributed by atoms with van der Waals surface area (Å²) in [5, 5.41) is 0.374. The fraction of sp³-hybridized carbons (Fsp3) is 0.294. The molecule has 0 aliphatic carbocycles. The normalized spacial score (nSPS) is 12.2. The van der Waals surface area contributed by atoms with Crippen molar-refractivity contribution in [2.75, 3.05) is 6.61 Å². The highest BCUT2D eigenvalue weighted by Gasteiger charge is 2.18. The second-order valence-electron chi connectivity index (χ2n) is 4.86. The van der Waals surface area contributed by atoms with E-state index >= 15 is 0 Å². The average Bonchev–Trinajstić information content (AvgIpc) is 2.40. The Balaban J connectivity index is 2.46. The Morgan fingerprint density at radius 2 is 1.65 bits per heavy atom. The van der Waals surface area contributed by atoms with E-state index in [1.807, 2.05) is 51.1 Å². The standard InChI is InChI=1S/C17H18Cl2O/c1-4-20-16-8-6-11(2)9-14(16)17(19)13-7-5-12(3)10-15(13)18/h5-10,17H,4H2,1-3H3. The first-order valence-corrected chi connectivity index (χ1v) is 7.47. The number of halogens is 2. The highest BCUT2D eigenvalue weighted by Crippen LogP contribution is 2.38. The molecule has 0 fully saturated rings. The van der Waals surface area contributed by atoms with Crippen LogP contribution >= 0.6 is 23.2 Å². The van der Waals surface area contributed by atoms with Crippen LogP contribution in [0.1, 0.15) is 34.6 Å². The maximum atomic E-state index is 6.64. The topological polar surface area (TPSA) is 9.23 Å². The molecule has 0 spiro atoms. The highest BCUT2D eigenvalue weighted by molar-refractivity contribution is 6.33. The van der Waals surface area contributed by atoms with Gasteiger partial charge in [-0.1, -0.05) is 41.4 Å². The molecule has 2 rings (SSSR count). The zero-order chi connectivity index (χ0) is 14.7. The van der Waals surface area contributed by atoms with Gasteiger partial charge in [0.05, 0.1) is 12.0 Å². The lowest BCUT2D eigenvalue weighted by molar-refractivity contribution is 0.337. The Morgan fingerprint density at radius 3 is 2.30 bits per heavy atom. The largest absolute Gasteiger partial charge is 0.494 e. The molecule has 2 aromatic rings. The van der Waals surface area contributed by atoms with E-state index in [0.717, 1.165) is 28.0 Å². The van der Waals surface area contributed by atoms with Crippen LogP contribution in [-0.4, -0.2) is 6.61 Å². The summed E-state index contributed by atoms with van der Waals surface area (Å²) in [4.78, 5) is 0. The number of hydrogen-bond acceptors (Lipinski definition) is 1. The maximum absolute atomic E-state index is 6.64. The van der Waals surface area contributed by atoms with Crippen LogP contribution < -0.4 is 4.74 Å². The van der Waals surface area contributed by atoms with Gasteiger partial charge in [0.25, 0.3) is 0 Å². The van der Waals surface area contributed by atoms with Crippen LogP contribution in [0.5, 0.6) is 5.75 Å². The minimum atomic E-state index is -0.315. The van der Waals surface area contributed by atoms with Crippen molar-refractivity contribution in [3.8, 4) is 5.75 Å². The van der Waals surface area contributed by atoms with Gasteiger partial charge in [-0.2, -0.15) is 0 Å². The third-order valence-corrected chi connectivity index (χ3v) is 3.96. The lowest BCUT2D eigenvalue weighted by Gasteiger charge is -2.17. The van der Waals surface area contributed by atoms with Crippen LogP contribution in [0.2, 0.25) is 5.02 Å². The van der Waals surface area contributed by atoms with Gasteiger partial charge in [0.15, 0.2) is 0 Å². The quantitative estimate of drug-likeness (QED) is 0.660. The predicted octanol–water partition coefficient (Wildman–Crippen LogP) is 5.68. The van der Waals surface area contributed by atoms with Crippen molar-refractivity contribution in [2.24, 2.45) is 0 Å². The van der Waals surface area contributed by atoms with Crippen LogP contribution in [0.15, 0.2) is 36.4 Å². The van der Waals surface area contributed by atoms with Crippen molar-refractivity contribution in [3.05, 3.63) is 63.7 Å². The van der Waals surface area contributed by atoms with Crippen molar-refractivity contribution in [3.63, 3.8) is 0 Å². The Kier molecular flexibility index (Phi) is 4.95. The second-order valence-corrected chi connectivity index (χ2v) is 5.71. The summed E-state index contributed by atoms with van der Waals surface area (Å²) in [6.07, 6.45) is 0. The van der Waals surface area contributed by atoms with Gasteiger partial charge in [-0.15, -0.1) is 11.6 Å². The molecule has 106 valence electrons. The number of alkyl halides is 1. The molecule has 2 aromatic carbocycles. The van der Waals surface area contributed by atoms with Crippen molar-refractivity contribution >= 4 is 23.2 Å². The van der Waals surface area contributed by atoms with E-state index < -0.39 is 0 Å². The van der Waals surface area contributed by atoms with Gasteiger partial charge in [0.1, 0.15) is 5.75 Å². The molecule has 0 heterocycles. The number of aryl methyl sites for hydroxylation is 2. The molecule has 1 unspecified atom stereocenters. The smallest absolute Gasteiger partial charge is 0.124 e. The minimum absolute atomic E-state index is 0.315. The molecule has 0 N–H and O–H groups in total. The molecule has 0 bridgehead atoms. The molecule has 20 heavy (non-hydrogen) atoms. The van der Waals surface area contributed by atoms with Gasteiger partial charge in [-0.25, -0.2) is 0 Å². The number of benzene rings is 2. The molecule has 0 aliphatic heterocycles. The van der Waals surface area contributed by atoms with E-state index in [0.29, 0.717) is 11.6 Å². The van der Waals surface area contributed by atoms with Crippen molar-refractivity contribution in [1.82, 2.24) is 0 Å². The fourth-order valence-electron chi connectivity index (χ4n) is 2.16. The third kappa shape index (κ3) is 3.28. The molecule has 0 amide bonds. The lowest BCUT2D eigenvalue weighted by atomic mass is 10.0.